The van der Waals surface area contributed by atoms with Gasteiger partial charge in [0.1, 0.15) is 0 Å². The number of hydrogen-bond donors (Lipinski definition) is 1. The molecule has 18 heavy (non-hydrogen) atoms. The van der Waals surface area contributed by atoms with Gasteiger partial charge in [0.15, 0.2) is 12.1 Å². The van der Waals surface area contributed by atoms with Crippen LogP contribution in [0.3, 0.4) is 0 Å². The van der Waals surface area contributed by atoms with E-state index in [2.05, 4.69) is 6.58 Å². The minimum absolute atomic E-state index is 0.0206. The fourth-order valence-electron chi connectivity index (χ4n) is 2.73. The number of carbonyl (C=O) groups excluding carboxylic acids is 1. The van der Waals surface area contributed by atoms with Gasteiger partial charge in [0.25, 0.3) is 0 Å². The second-order valence-corrected chi connectivity index (χ2v) is 4.79. The summed E-state index contributed by atoms with van der Waals surface area (Å²) in [6.45, 7) is 7.38. The third-order valence-electron chi connectivity index (χ3n) is 3.56. The van der Waals surface area contributed by atoms with Crippen LogP contribution in [0, 0.1) is 17.8 Å². The quantitative estimate of drug-likeness (QED) is 0.597. The standard InChI is InChI=1S/C14H22O4/c1-8(2)12-10(14(17-4)18-5)6-9(3)13(16)11(12)7-15/h6,10-12,14-15H,1,7H2,2-5H3/t10-,11-,12+/m0/s1. The van der Waals surface area contributed by atoms with Crippen molar-refractivity contribution in [2.45, 2.75) is 20.1 Å². The number of hydrogen-bond acceptors (Lipinski definition) is 4. The molecule has 1 N–H and O–H groups in total. The highest BCUT2D eigenvalue weighted by atomic mass is 16.7. The van der Waals surface area contributed by atoms with Crippen LogP contribution in [0.1, 0.15) is 13.8 Å². The molecule has 0 unspecified atom stereocenters. The highest BCUT2D eigenvalue weighted by molar-refractivity contribution is 5.98. The average molecular weight is 254 g/mol. The number of ketones is 1. The maximum absolute atomic E-state index is 12.1. The molecule has 0 aromatic heterocycles. The Hall–Kier alpha value is -0.970. The van der Waals surface area contributed by atoms with Gasteiger partial charge in [-0.2, -0.15) is 0 Å². The Balaban J connectivity index is 3.19. The summed E-state index contributed by atoms with van der Waals surface area (Å²) in [6, 6.07) is 0. The van der Waals surface area contributed by atoms with Crippen LogP contribution in [-0.4, -0.2) is 38.0 Å². The van der Waals surface area contributed by atoms with Gasteiger partial charge in [0.05, 0.1) is 12.5 Å². The zero-order valence-corrected chi connectivity index (χ0v) is 11.5. The van der Waals surface area contributed by atoms with Crippen LogP contribution in [0.4, 0.5) is 0 Å². The lowest BCUT2D eigenvalue weighted by Crippen LogP contribution is -2.42. The molecule has 0 amide bonds. The van der Waals surface area contributed by atoms with Gasteiger partial charge in [-0.25, -0.2) is 0 Å². The van der Waals surface area contributed by atoms with Crippen molar-refractivity contribution in [3.63, 3.8) is 0 Å². The minimum atomic E-state index is -0.453. The topological polar surface area (TPSA) is 55.8 Å². The predicted octanol–water partition coefficient (Wildman–Crippen LogP) is 1.55. The summed E-state index contributed by atoms with van der Waals surface area (Å²) < 4.78 is 10.6. The second-order valence-electron chi connectivity index (χ2n) is 4.79. The minimum Gasteiger partial charge on any atom is -0.396 e. The fourth-order valence-corrected chi connectivity index (χ4v) is 2.73. The van der Waals surface area contributed by atoms with Crippen molar-refractivity contribution in [2.24, 2.45) is 17.8 Å². The van der Waals surface area contributed by atoms with Crippen molar-refractivity contribution in [3.05, 3.63) is 23.8 Å². The molecule has 4 nitrogen and oxygen atoms in total. The lowest BCUT2D eigenvalue weighted by atomic mass is 9.69. The summed E-state index contributed by atoms with van der Waals surface area (Å²) in [5.41, 5.74) is 1.51. The molecule has 4 heteroatoms. The Morgan fingerprint density at radius 3 is 2.44 bits per heavy atom. The average Bonchev–Trinajstić information content (AvgIpc) is 2.33. The molecular formula is C14H22O4. The summed E-state index contributed by atoms with van der Waals surface area (Å²) >= 11 is 0. The van der Waals surface area contributed by atoms with Gasteiger partial charge in [-0.3, -0.25) is 4.79 Å². The maximum Gasteiger partial charge on any atom is 0.164 e. The van der Waals surface area contributed by atoms with Gasteiger partial charge >= 0.3 is 0 Å². The molecule has 0 aromatic carbocycles. The summed E-state index contributed by atoms with van der Waals surface area (Å²) in [5, 5.41) is 9.47. The number of aliphatic hydroxyl groups excluding tert-OH is 1. The van der Waals surface area contributed by atoms with E-state index in [9.17, 15) is 9.90 Å². The first-order chi connectivity index (χ1) is 8.47. The predicted molar refractivity (Wildman–Crippen MR) is 68.9 cm³/mol. The number of carbonyl (C=O) groups is 1. The molecule has 1 aliphatic carbocycles. The lowest BCUT2D eigenvalue weighted by molar-refractivity contribution is -0.147. The molecule has 0 bridgehead atoms. The second kappa shape index (κ2) is 6.27. The van der Waals surface area contributed by atoms with Gasteiger partial charge in [0, 0.05) is 26.1 Å². The zero-order valence-electron chi connectivity index (χ0n) is 11.5. The SMILES string of the molecule is C=C(C)[C@H]1[C@H](CO)C(=O)C(C)=C[C@@H]1C(OC)OC. The van der Waals surface area contributed by atoms with Crippen LogP contribution in [0.15, 0.2) is 23.8 Å². The van der Waals surface area contributed by atoms with E-state index < -0.39 is 12.2 Å². The van der Waals surface area contributed by atoms with Crippen LogP contribution >= 0.6 is 0 Å². The lowest BCUT2D eigenvalue weighted by Gasteiger charge is -2.38. The Kier molecular flexibility index (Phi) is 5.26. The van der Waals surface area contributed by atoms with Gasteiger partial charge in [-0.15, -0.1) is 0 Å². The van der Waals surface area contributed by atoms with Crippen molar-refractivity contribution in [3.8, 4) is 0 Å². The van der Waals surface area contributed by atoms with Crippen LogP contribution in [0.5, 0.6) is 0 Å². The number of rotatable bonds is 5. The number of allylic oxidation sites excluding steroid dienone is 2. The first-order valence-corrected chi connectivity index (χ1v) is 6.02. The van der Waals surface area contributed by atoms with Gasteiger partial charge in [0.2, 0.25) is 0 Å². The van der Waals surface area contributed by atoms with E-state index in [0.717, 1.165) is 5.57 Å². The highest BCUT2D eigenvalue weighted by Gasteiger charge is 2.41. The van der Waals surface area contributed by atoms with Crippen LogP contribution < -0.4 is 0 Å². The van der Waals surface area contributed by atoms with Crippen LogP contribution in [0.2, 0.25) is 0 Å². The monoisotopic (exact) mass is 254 g/mol. The molecule has 3 atom stereocenters. The summed E-state index contributed by atoms with van der Waals surface area (Å²) in [5.74, 6) is -0.735. The first-order valence-electron chi connectivity index (χ1n) is 6.02. The van der Waals surface area contributed by atoms with E-state index in [4.69, 9.17) is 9.47 Å². The van der Waals surface area contributed by atoms with E-state index in [1.54, 1.807) is 21.1 Å². The molecule has 102 valence electrons. The molecule has 0 spiro atoms. The van der Waals surface area contributed by atoms with E-state index >= 15 is 0 Å². The van der Waals surface area contributed by atoms with Gasteiger partial charge in [-0.05, 0) is 19.4 Å². The van der Waals surface area contributed by atoms with Crippen molar-refractivity contribution in [2.75, 3.05) is 20.8 Å². The van der Waals surface area contributed by atoms with E-state index in [0.29, 0.717) is 5.57 Å². The smallest absolute Gasteiger partial charge is 0.164 e. The Morgan fingerprint density at radius 1 is 1.50 bits per heavy atom. The largest absolute Gasteiger partial charge is 0.396 e. The normalized spacial score (nSPS) is 28.4. The fraction of sp³-hybridized carbons (Fsp3) is 0.643. The Morgan fingerprint density at radius 2 is 2.06 bits per heavy atom. The van der Waals surface area contributed by atoms with Crippen molar-refractivity contribution >= 4 is 5.78 Å². The molecule has 0 saturated carbocycles. The Bertz CT molecular complexity index is 355. The molecule has 1 aliphatic rings. The molecule has 0 aromatic rings. The van der Waals surface area contributed by atoms with Crippen LogP contribution in [0.25, 0.3) is 0 Å². The summed E-state index contributed by atoms with van der Waals surface area (Å²) in [7, 11) is 3.13. The summed E-state index contributed by atoms with van der Waals surface area (Å²) in [4.78, 5) is 12.1. The number of ether oxygens (including phenoxy) is 2. The Labute approximate surface area is 108 Å². The molecule has 0 aliphatic heterocycles. The number of aliphatic hydroxyl groups is 1. The van der Waals surface area contributed by atoms with Gasteiger partial charge in [-0.1, -0.05) is 18.2 Å². The highest BCUT2D eigenvalue weighted by Crippen LogP contribution is 2.38. The van der Waals surface area contributed by atoms with E-state index in [1.807, 2.05) is 13.0 Å². The molecule has 1 rings (SSSR count). The van der Waals surface area contributed by atoms with E-state index in [-0.39, 0.29) is 24.2 Å². The van der Waals surface area contributed by atoms with Crippen molar-refractivity contribution in [1.29, 1.82) is 0 Å². The molecule has 0 saturated heterocycles. The molecule has 0 fully saturated rings. The molecular weight excluding hydrogens is 232 g/mol. The van der Waals surface area contributed by atoms with Crippen LogP contribution in [-0.2, 0) is 14.3 Å². The first kappa shape index (κ1) is 15.1. The summed E-state index contributed by atoms with van der Waals surface area (Å²) in [6.07, 6.45) is 1.43. The zero-order chi connectivity index (χ0) is 13.9. The third-order valence-corrected chi connectivity index (χ3v) is 3.56. The third kappa shape index (κ3) is 2.71. The maximum atomic E-state index is 12.1. The molecule has 0 heterocycles. The van der Waals surface area contributed by atoms with Crippen molar-refractivity contribution in [1.82, 2.24) is 0 Å². The number of methoxy groups -OCH3 is 2. The van der Waals surface area contributed by atoms with Crippen molar-refractivity contribution < 1.29 is 19.4 Å². The molecule has 0 radical (unpaired) electrons. The number of Topliss-reactive ketones (excluding diaryl/α,β-unsaturated/α-hetero) is 1. The van der Waals surface area contributed by atoms with E-state index in [1.165, 1.54) is 0 Å². The van der Waals surface area contributed by atoms with Gasteiger partial charge < -0.3 is 14.6 Å².